The van der Waals surface area contributed by atoms with E-state index >= 15 is 0 Å². The van der Waals surface area contributed by atoms with Gasteiger partial charge in [0.1, 0.15) is 6.61 Å². The first-order chi connectivity index (χ1) is 19.4. The predicted molar refractivity (Wildman–Crippen MR) is 148 cm³/mol. The van der Waals surface area contributed by atoms with Gasteiger partial charge in [0, 0.05) is 62.4 Å². The van der Waals surface area contributed by atoms with Crippen LogP contribution in [0, 0.1) is 11.6 Å². The number of methoxy groups -OCH3 is 1. The Kier molecular flexibility index (Phi) is 7.10. The Morgan fingerprint density at radius 3 is 2.88 bits per heavy atom. The molecule has 0 N–H and O–H groups in total. The van der Waals surface area contributed by atoms with Gasteiger partial charge < -0.3 is 18.9 Å². The van der Waals surface area contributed by atoms with Gasteiger partial charge >= 0.3 is 0 Å². The van der Waals surface area contributed by atoms with E-state index in [9.17, 15) is 13.6 Å². The van der Waals surface area contributed by atoms with Crippen molar-refractivity contribution in [3.05, 3.63) is 88.1 Å². The zero-order chi connectivity index (χ0) is 27.8. The average Bonchev–Trinajstić information content (AvgIpc) is 2.99. The Hall–Kier alpha value is -4.05. The summed E-state index contributed by atoms with van der Waals surface area (Å²) in [4.78, 5) is 26.9. The topological polar surface area (TPSA) is 72.7 Å². The molecule has 4 aromatic rings. The van der Waals surface area contributed by atoms with E-state index in [0.29, 0.717) is 30.0 Å². The summed E-state index contributed by atoms with van der Waals surface area (Å²) in [5.74, 6) is -1.83. The first kappa shape index (κ1) is 26.2. The normalized spacial score (nSPS) is 18.7. The molecule has 0 spiro atoms. The first-order valence-corrected chi connectivity index (χ1v) is 13.5. The predicted octanol–water partition coefficient (Wildman–Crippen LogP) is 4.70. The second-order valence-electron chi connectivity index (χ2n) is 10.5. The van der Waals surface area contributed by atoms with Crippen LogP contribution in [0.15, 0.2) is 59.9 Å². The maximum atomic E-state index is 14.6. The molecule has 6 rings (SSSR count). The monoisotopic (exact) mass is 547 g/mol. The van der Waals surface area contributed by atoms with Crippen LogP contribution in [0.3, 0.4) is 0 Å². The van der Waals surface area contributed by atoms with Gasteiger partial charge in [0.15, 0.2) is 17.0 Å². The zero-order valence-corrected chi connectivity index (χ0v) is 22.5. The van der Waals surface area contributed by atoms with Crippen LogP contribution in [-0.4, -0.2) is 52.3 Å². The van der Waals surface area contributed by atoms with Crippen molar-refractivity contribution in [2.75, 3.05) is 31.7 Å². The maximum Gasteiger partial charge on any atom is 0.213 e. The van der Waals surface area contributed by atoms with Gasteiger partial charge in [-0.15, -0.1) is 0 Å². The summed E-state index contributed by atoms with van der Waals surface area (Å²) in [5, 5.41) is 0.129. The second kappa shape index (κ2) is 10.8. The lowest BCUT2D eigenvalue weighted by Gasteiger charge is -2.40. The summed E-state index contributed by atoms with van der Waals surface area (Å²) in [6, 6.07) is 8.82. The largest absolute Gasteiger partial charge is 0.486 e. The average molecular weight is 548 g/mol. The fraction of sp³-hybridized carbons (Fsp3) is 0.367. The molecular weight excluding hydrogens is 516 g/mol. The number of benzene rings is 1. The Labute approximate surface area is 230 Å². The molecule has 40 heavy (non-hydrogen) atoms. The third-order valence-electron chi connectivity index (χ3n) is 7.87. The summed E-state index contributed by atoms with van der Waals surface area (Å²) in [6.45, 7) is 4.72. The van der Waals surface area contributed by atoms with Crippen LogP contribution in [0.5, 0.6) is 11.6 Å². The maximum absolute atomic E-state index is 14.6. The molecule has 10 heteroatoms. The number of hydrogen-bond donors (Lipinski definition) is 0. The van der Waals surface area contributed by atoms with Gasteiger partial charge in [-0.1, -0.05) is 0 Å². The fourth-order valence-electron chi connectivity index (χ4n) is 5.82. The zero-order valence-electron chi connectivity index (χ0n) is 22.5. The molecule has 2 unspecified atom stereocenters. The van der Waals surface area contributed by atoms with Crippen molar-refractivity contribution in [1.29, 1.82) is 0 Å². The van der Waals surface area contributed by atoms with Crippen LogP contribution in [0.1, 0.15) is 36.9 Å². The Morgan fingerprint density at radius 1 is 1.20 bits per heavy atom. The molecule has 2 aliphatic rings. The molecule has 8 nitrogen and oxygen atoms in total. The minimum atomic E-state index is -1.09. The molecule has 1 fully saturated rings. The third-order valence-corrected chi connectivity index (χ3v) is 7.87. The Morgan fingerprint density at radius 2 is 2.08 bits per heavy atom. The first-order valence-electron chi connectivity index (χ1n) is 13.5. The molecule has 5 heterocycles. The second-order valence-corrected chi connectivity index (χ2v) is 10.5. The summed E-state index contributed by atoms with van der Waals surface area (Å²) in [5.41, 5.74) is 2.58. The van der Waals surface area contributed by atoms with Gasteiger partial charge in [-0.2, -0.15) is 4.39 Å². The van der Waals surface area contributed by atoms with Crippen molar-refractivity contribution < 1.29 is 18.3 Å². The Balaban J connectivity index is 1.40. The lowest BCUT2D eigenvalue weighted by Crippen LogP contribution is -2.48. The number of pyridine rings is 3. The molecule has 1 saturated heterocycles. The molecule has 0 radical (unpaired) electrons. The van der Waals surface area contributed by atoms with E-state index in [1.54, 1.807) is 25.7 Å². The fourth-order valence-corrected chi connectivity index (χ4v) is 5.82. The highest BCUT2D eigenvalue weighted by Crippen LogP contribution is 2.35. The van der Waals surface area contributed by atoms with Crippen molar-refractivity contribution >= 4 is 16.6 Å². The lowest BCUT2D eigenvalue weighted by atomic mass is 10.0. The van der Waals surface area contributed by atoms with Crippen molar-refractivity contribution in [3.63, 3.8) is 0 Å². The summed E-state index contributed by atoms with van der Waals surface area (Å²) in [7, 11) is 1.58. The summed E-state index contributed by atoms with van der Waals surface area (Å²) < 4.78 is 41.9. The number of hydrogen-bond acceptors (Lipinski definition) is 7. The Bertz CT molecular complexity index is 1600. The van der Waals surface area contributed by atoms with E-state index in [2.05, 4.69) is 25.8 Å². The highest BCUT2D eigenvalue weighted by molar-refractivity contribution is 5.86. The quantitative estimate of drug-likeness (QED) is 0.332. The summed E-state index contributed by atoms with van der Waals surface area (Å²) >= 11 is 0. The van der Waals surface area contributed by atoms with Crippen molar-refractivity contribution in [1.82, 2.24) is 19.4 Å². The van der Waals surface area contributed by atoms with E-state index in [4.69, 9.17) is 9.47 Å². The molecule has 1 aromatic carbocycles. The summed E-state index contributed by atoms with van der Waals surface area (Å²) in [6.07, 6.45) is 9.08. The molecule has 208 valence electrons. The number of ether oxygens (including phenoxy) is 2. The number of piperidine rings is 1. The van der Waals surface area contributed by atoms with E-state index in [1.165, 1.54) is 0 Å². The van der Waals surface area contributed by atoms with Gasteiger partial charge in [-0.25, -0.2) is 9.37 Å². The van der Waals surface area contributed by atoms with E-state index < -0.39 is 11.6 Å². The molecule has 0 aliphatic carbocycles. The minimum absolute atomic E-state index is 0.129. The van der Waals surface area contributed by atoms with Gasteiger partial charge in [-0.3, -0.25) is 14.7 Å². The van der Waals surface area contributed by atoms with Crippen LogP contribution < -0.4 is 19.8 Å². The van der Waals surface area contributed by atoms with Gasteiger partial charge in [0.2, 0.25) is 11.7 Å². The lowest BCUT2D eigenvalue weighted by molar-refractivity contribution is 0.157. The SMILES string of the molecule is COc1cc(CN(Cc2cn3c4c(c(F)c(F)cc4c2=O)OCC3C)C2CCCN(c3cccnc3)C2)ccn1. The standard InChI is InChI=1S/C30H31F2N5O3/c1-19-18-40-30-27(32)25(31)12-24-28(30)37(19)16-21(29(24)38)15-36(14-20-7-9-34-26(11-20)39-2)23-6-4-10-35(17-23)22-5-3-8-33-13-22/h3,5,7-9,11-13,16,19,23H,4,6,10,14-15,17-18H2,1-2H3. The van der Waals surface area contributed by atoms with Crippen LogP contribution in [0.4, 0.5) is 14.5 Å². The minimum Gasteiger partial charge on any atom is -0.486 e. The highest BCUT2D eigenvalue weighted by atomic mass is 19.2. The van der Waals surface area contributed by atoms with Crippen molar-refractivity contribution in [3.8, 4) is 11.6 Å². The number of anilines is 1. The van der Waals surface area contributed by atoms with Crippen LogP contribution >= 0.6 is 0 Å². The third kappa shape index (κ3) is 4.88. The van der Waals surface area contributed by atoms with Gasteiger partial charge in [-0.05, 0) is 49.6 Å². The highest BCUT2D eigenvalue weighted by Gasteiger charge is 2.30. The molecule has 3 aromatic heterocycles. The van der Waals surface area contributed by atoms with Gasteiger partial charge in [0.25, 0.3) is 0 Å². The van der Waals surface area contributed by atoms with Crippen molar-refractivity contribution in [2.45, 2.75) is 44.9 Å². The number of halogens is 2. The molecule has 2 atom stereocenters. The van der Waals surface area contributed by atoms with Crippen LogP contribution in [0.2, 0.25) is 0 Å². The number of rotatable bonds is 7. The van der Waals surface area contributed by atoms with E-state index in [-0.39, 0.29) is 35.3 Å². The van der Waals surface area contributed by atoms with Crippen molar-refractivity contribution in [2.24, 2.45) is 0 Å². The van der Waals surface area contributed by atoms with E-state index in [1.807, 2.05) is 35.9 Å². The van der Waals surface area contributed by atoms with E-state index in [0.717, 1.165) is 43.2 Å². The van der Waals surface area contributed by atoms with Crippen LogP contribution in [0.25, 0.3) is 10.9 Å². The number of aromatic nitrogens is 3. The molecule has 0 bridgehead atoms. The van der Waals surface area contributed by atoms with Crippen LogP contribution in [-0.2, 0) is 13.1 Å². The molecule has 2 aliphatic heterocycles. The van der Waals surface area contributed by atoms with Gasteiger partial charge in [0.05, 0.1) is 35.9 Å². The molecule has 0 amide bonds. The smallest absolute Gasteiger partial charge is 0.213 e. The number of nitrogens with zero attached hydrogens (tertiary/aromatic N) is 5. The molecule has 0 saturated carbocycles. The molecular formula is C30H31F2N5O3.